The van der Waals surface area contributed by atoms with Gasteiger partial charge in [0.1, 0.15) is 17.7 Å². The van der Waals surface area contributed by atoms with Crippen LogP contribution in [-0.2, 0) is 11.0 Å². The number of hydrogen-bond donors (Lipinski definition) is 1. The number of likely N-dealkylation sites (tertiary alicyclic amines) is 1. The first-order chi connectivity index (χ1) is 16.8. The van der Waals surface area contributed by atoms with Gasteiger partial charge in [-0.3, -0.25) is 14.6 Å². The number of carbonyl (C=O) groups excluding carboxylic acids is 1. The number of halogens is 4. The second kappa shape index (κ2) is 8.99. The summed E-state index contributed by atoms with van der Waals surface area (Å²) < 4.78 is 61.1. The molecule has 2 aliphatic heterocycles. The van der Waals surface area contributed by atoms with Crippen molar-refractivity contribution in [2.24, 2.45) is 0 Å². The first-order valence-corrected chi connectivity index (χ1v) is 11.3. The van der Waals surface area contributed by atoms with Gasteiger partial charge in [0.05, 0.1) is 22.9 Å². The minimum Gasteiger partial charge on any atom is -0.483 e. The summed E-state index contributed by atoms with van der Waals surface area (Å²) >= 11 is 5.46. The van der Waals surface area contributed by atoms with Gasteiger partial charge in [-0.25, -0.2) is 4.39 Å². The van der Waals surface area contributed by atoms with Crippen molar-refractivity contribution in [1.29, 1.82) is 5.26 Å². The maximum absolute atomic E-state index is 15.0. The van der Waals surface area contributed by atoms with Gasteiger partial charge in [0.2, 0.25) is 0 Å². The van der Waals surface area contributed by atoms with Crippen molar-refractivity contribution in [3.05, 3.63) is 53.3 Å². The van der Waals surface area contributed by atoms with Gasteiger partial charge in [0.25, 0.3) is 5.91 Å². The summed E-state index contributed by atoms with van der Waals surface area (Å²) in [6.45, 7) is 3.84. The van der Waals surface area contributed by atoms with Crippen LogP contribution >= 0.6 is 12.2 Å². The molecule has 0 bridgehead atoms. The molecule has 7 nitrogen and oxygen atoms in total. The number of likely N-dealkylation sites (N-methyl/N-ethyl adjacent to an activating group) is 1. The lowest BCUT2D eigenvalue weighted by atomic mass is 10.0. The highest BCUT2D eigenvalue weighted by Crippen LogP contribution is 2.40. The van der Waals surface area contributed by atoms with E-state index in [4.69, 9.17) is 22.2 Å². The van der Waals surface area contributed by atoms with E-state index in [1.54, 1.807) is 7.05 Å². The highest BCUT2D eigenvalue weighted by atomic mass is 32.1. The third kappa shape index (κ3) is 4.38. The Labute approximate surface area is 210 Å². The molecule has 4 rings (SSSR count). The number of alkyl halides is 3. The second-order valence-corrected chi connectivity index (χ2v) is 9.58. The van der Waals surface area contributed by atoms with Gasteiger partial charge in [-0.2, -0.15) is 18.4 Å². The van der Waals surface area contributed by atoms with E-state index in [-0.39, 0.29) is 22.2 Å². The van der Waals surface area contributed by atoms with E-state index in [2.05, 4.69) is 0 Å². The van der Waals surface area contributed by atoms with E-state index in [1.165, 1.54) is 43.0 Å². The number of thiocarbonyl (C=S) groups is 1. The average Bonchev–Trinajstić information content (AvgIpc) is 3.19. The number of nitrogens with zero attached hydrogens (tertiary/aromatic N) is 4. The van der Waals surface area contributed by atoms with Gasteiger partial charge in [-0.15, -0.1) is 0 Å². The number of hydrogen-bond acceptors (Lipinski definition) is 6. The van der Waals surface area contributed by atoms with Crippen molar-refractivity contribution in [3.8, 4) is 11.8 Å². The molecule has 12 heteroatoms. The van der Waals surface area contributed by atoms with Crippen LogP contribution in [0.5, 0.6) is 5.75 Å². The lowest BCUT2D eigenvalue weighted by Crippen LogP contribution is -2.44. The molecule has 36 heavy (non-hydrogen) atoms. The number of benzene rings is 2. The molecular weight excluding hydrogens is 500 g/mol. The molecule has 2 atom stereocenters. The van der Waals surface area contributed by atoms with Crippen molar-refractivity contribution in [3.63, 3.8) is 0 Å². The van der Waals surface area contributed by atoms with Gasteiger partial charge >= 0.3 is 6.18 Å². The fourth-order valence-corrected chi connectivity index (χ4v) is 4.93. The van der Waals surface area contributed by atoms with Gasteiger partial charge in [-0.1, -0.05) is 0 Å². The quantitative estimate of drug-likeness (QED) is 0.485. The molecule has 2 saturated heterocycles. The Balaban J connectivity index is 1.67. The van der Waals surface area contributed by atoms with E-state index < -0.39 is 46.8 Å². The third-order valence-electron chi connectivity index (χ3n) is 6.23. The average molecular weight is 523 g/mol. The number of nitriles is 1. The van der Waals surface area contributed by atoms with E-state index >= 15 is 4.39 Å². The van der Waals surface area contributed by atoms with E-state index in [0.717, 1.165) is 17.0 Å². The molecule has 0 aromatic heterocycles. The molecule has 2 aromatic rings. The van der Waals surface area contributed by atoms with Crippen LogP contribution in [0.3, 0.4) is 0 Å². The summed E-state index contributed by atoms with van der Waals surface area (Å²) in [5.41, 5.74) is -3.10. The molecule has 2 fully saturated rings. The Morgan fingerprint density at radius 1 is 1.17 bits per heavy atom. The fraction of sp³-hybridized carbons (Fsp3) is 0.375. The Kier molecular flexibility index (Phi) is 6.45. The van der Waals surface area contributed by atoms with Gasteiger partial charge in [0.15, 0.2) is 16.7 Å². The van der Waals surface area contributed by atoms with E-state index in [9.17, 15) is 23.1 Å². The number of carbonyl (C=O) groups is 1. The largest absolute Gasteiger partial charge is 0.483 e. The maximum Gasteiger partial charge on any atom is 0.417 e. The zero-order valence-corrected chi connectivity index (χ0v) is 20.3. The van der Waals surface area contributed by atoms with Gasteiger partial charge < -0.3 is 14.7 Å². The highest BCUT2D eigenvalue weighted by molar-refractivity contribution is 7.81. The van der Waals surface area contributed by atoms with E-state index in [0.29, 0.717) is 19.2 Å². The summed E-state index contributed by atoms with van der Waals surface area (Å²) in [5.74, 6) is -1.47. The molecule has 2 heterocycles. The van der Waals surface area contributed by atoms with Gasteiger partial charge in [-0.05, 0) is 63.4 Å². The maximum atomic E-state index is 15.0. The smallest absolute Gasteiger partial charge is 0.417 e. The summed E-state index contributed by atoms with van der Waals surface area (Å²) in [6.07, 6.45) is -6.21. The fourth-order valence-electron chi connectivity index (χ4n) is 4.40. The molecule has 1 amide bonds. The monoisotopic (exact) mass is 522 g/mol. The number of anilines is 2. The van der Waals surface area contributed by atoms with Crippen molar-refractivity contribution in [1.82, 2.24) is 4.90 Å². The number of amides is 1. The zero-order chi connectivity index (χ0) is 26.6. The first-order valence-electron chi connectivity index (χ1n) is 10.9. The van der Waals surface area contributed by atoms with Crippen LogP contribution in [0.1, 0.15) is 25.0 Å². The van der Waals surface area contributed by atoms with Crippen LogP contribution < -0.4 is 14.5 Å². The molecule has 0 aliphatic carbocycles. The first kappa shape index (κ1) is 25.8. The lowest BCUT2D eigenvalue weighted by Gasteiger charge is -2.29. The molecule has 190 valence electrons. The summed E-state index contributed by atoms with van der Waals surface area (Å²) in [5, 5.41) is 19.0. The van der Waals surface area contributed by atoms with Crippen molar-refractivity contribution < 1.29 is 32.2 Å². The van der Waals surface area contributed by atoms with Crippen molar-refractivity contribution in [2.75, 3.05) is 29.9 Å². The molecule has 2 aromatic carbocycles. The van der Waals surface area contributed by atoms with Crippen LogP contribution in [0.4, 0.5) is 28.9 Å². The van der Waals surface area contributed by atoms with Gasteiger partial charge in [0, 0.05) is 24.8 Å². The van der Waals surface area contributed by atoms with Crippen LogP contribution in [0.2, 0.25) is 0 Å². The predicted molar refractivity (Wildman–Crippen MR) is 127 cm³/mol. The molecule has 2 aliphatic rings. The van der Waals surface area contributed by atoms with Crippen molar-refractivity contribution >= 4 is 34.6 Å². The molecule has 1 N–H and O–H groups in total. The van der Waals surface area contributed by atoms with Crippen LogP contribution in [0, 0.1) is 17.1 Å². The summed E-state index contributed by atoms with van der Waals surface area (Å²) in [7, 11) is 1.80. The minimum atomic E-state index is -4.82. The third-order valence-corrected chi connectivity index (χ3v) is 6.59. The Hall–Kier alpha value is -3.27. The normalized spacial score (nSPS) is 22.3. The predicted octanol–water partition coefficient (Wildman–Crippen LogP) is 3.69. The summed E-state index contributed by atoms with van der Waals surface area (Å²) in [4.78, 5) is 17.4. The Morgan fingerprint density at radius 3 is 2.39 bits per heavy atom. The van der Waals surface area contributed by atoms with Crippen LogP contribution in [-0.4, -0.2) is 58.9 Å². The topological polar surface area (TPSA) is 80.0 Å². The van der Waals surface area contributed by atoms with Crippen LogP contribution in [0.25, 0.3) is 0 Å². The Morgan fingerprint density at radius 2 is 1.83 bits per heavy atom. The second-order valence-electron chi connectivity index (χ2n) is 9.22. The molecule has 0 saturated carbocycles. The number of ether oxygens (including phenoxy) is 1. The molecular formula is C24H22F4N4O3S. The van der Waals surface area contributed by atoms with E-state index in [1.807, 2.05) is 4.90 Å². The molecule has 0 spiro atoms. The van der Waals surface area contributed by atoms with Crippen molar-refractivity contribution in [2.45, 2.75) is 37.8 Å². The van der Waals surface area contributed by atoms with Crippen LogP contribution in [0.15, 0.2) is 36.4 Å². The number of aliphatic hydroxyl groups is 1. The number of aliphatic hydroxyl groups excluding tert-OH is 1. The molecule has 0 radical (unpaired) electrons. The highest BCUT2D eigenvalue weighted by Gasteiger charge is 2.51. The number of β-amino-alcohol motifs (C(OH)–C–C–N with tert-alkyl or cyclic N) is 1. The SMILES string of the molecule is CN1CC(O)C(Oc2ccc(N3C(=S)N(c4ccc(C#N)c(C(F)(F)F)c4)C(=O)C3(C)C)cc2F)C1. The zero-order valence-electron chi connectivity index (χ0n) is 19.5. The molecule has 2 unspecified atom stereocenters. The summed E-state index contributed by atoms with van der Waals surface area (Å²) in [6, 6.07) is 8.33. The minimum absolute atomic E-state index is 0.0916. The lowest BCUT2D eigenvalue weighted by molar-refractivity contribution is -0.137. The Bertz CT molecular complexity index is 1280. The standard InChI is InChI=1S/C24H22F4N4O3S/c1-23(2)21(34)31(14-5-4-13(10-29)16(8-14)24(26,27)28)22(36)32(23)15-6-7-19(17(25)9-15)35-20-12-30(3)11-18(20)33/h4-9,18,20,33H,11-12H2,1-3H3. The number of rotatable bonds is 4.